The highest BCUT2D eigenvalue weighted by Crippen LogP contribution is 2.38. The summed E-state index contributed by atoms with van der Waals surface area (Å²) in [5, 5.41) is 0. The van der Waals surface area contributed by atoms with Crippen LogP contribution in [0.25, 0.3) is 0 Å². The summed E-state index contributed by atoms with van der Waals surface area (Å²) < 4.78 is 79.8. The van der Waals surface area contributed by atoms with Crippen molar-refractivity contribution in [2.45, 2.75) is 42.9 Å². The molecule has 2 aromatic rings. The Hall–Kier alpha value is -2.46. The Morgan fingerprint density at radius 1 is 1.17 bits per heavy atom. The lowest BCUT2D eigenvalue weighted by atomic mass is 10.0. The molecule has 1 amide bonds. The molecule has 10 heteroatoms. The number of halogens is 4. The number of sulfonamides is 1. The topological polar surface area (TPSA) is 66.5 Å². The van der Waals surface area contributed by atoms with Gasteiger partial charge in [-0.15, -0.1) is 0 Å². The SMILES string of the molecule is CNS(=O)(=O)c1ccc(F)c(C(=O)N(C2CC2)C(C)c2cccc(C(F)(F)F)c2)c1. The van der Waals surface area contributed by atoms with Crippen molar-refractivity contribution in [2.75, 3.05) is 7.05 Å². The van der Waals surface area contributed by atoms with Crippen molar-refractivity contribution in [1.82, 2.24) is 9.62 Å². The number of carbonyl (C=O) groups excluding carboxylic acids is 1. The molecule has 162 valence electrons. The molecule has 0 saturated heterocycles. The number of benzene rings is 2. The highest BCUT2D eigenvalue weighted by atomic mass is 32.2. The first-order valence-electron chi connectivity index (χ1n) is 9.18. The molecular formula is C20H20F4N2O3S. The molecule has 0 spiro atoms. The monoisotopic (exact) mass is 444 g/mol. The van der Waals surface area contributed by atoms with Crippen molar-refractivity contribution in [3.8, 4) is 0 Å². The molecule has 0 aromatic heterocycles. The molecule has 0 heterocycles. The van der Waals surface area contributed by atoms with Gasteiger partial charge in [-0.25, -0.2) is 17.5 Å². The van der Waals surface area contributed by atoms with Gasteiger partial charge in [0, 0.05) is 6.04 Å². The zero-order valence-electron chi connectivity index (χ0n) is 16.2. The van der Waals surface area contributed by atoms with Gasteiger partial charge in [0.15, 0.2) is 0 Å². The van der Waals surface area contributed by atoms with Gasteiger partial charge in [-0.2, -0.15) is 13.2 Å². The second-order valence-electron chi connectivity index (χ2n) is 7.09. The maximum Gasteiger partial charge on any atom is 0.416 e. The molecule has 1 N–H and O–H groups in total. The fourth-order valence-electron chi connectivity index (χ4n) is 3.24. The number of hydrogen-bond donors (Lipinski definition) is 1. The summed E-state index contributed by atoms with van der Waals surface area (Å²) in [6.07, 6.45) is -3.28. The molecule has 0 bridgehead atoms. The van der Waals surface area contributed by atoms with Crippen molar-refractivity contribution in [3.05, 3.63) is 65.0 Å². The quantitative estimate of drug-likeness (QED) is 0.682. The van der Waals surface area contributed by atoms with E-state index >= 15 is 0 Å². The third kappa shape index (κ3) is 4.49. The smallest absolute Gasteiger partial charge is 0.329 e. The minimum absolute atomic E-state index is 0.254. The lowest BCUT2D eigenvalue weighted by Gasteiger charge is -2.30. The van der Waals surface area contributed by atoms with E-state index in [1.165, 1.54) is 24.1 Å². The van der Waals surface area contributed by atoms with E-state index in [1.54, 1.807) is 6.92 Å². The van der Waals surface area contributed by atoms with Crippen LogP contribution in [0.4, 0.5) is 17.6 Å². The van der Waals surface area contributed by atoms with E-state index in [2.05, 4.69) is 4.72 Å². The van der Waals surface area contributed by atoms with Crippen LogP contribution in [-0.2, 0) is 16.2 Å². The molecule has 1 aliphatic carbocycles. The minimum Gasteiger partial charge on any atom is -0.329 e. The second kappa shape index (κ2) is 7.99. The fraction of sp³-hybridized carbons (Fsp3) is 0.350. The average Bonchev–Trinajstić information content (AvgIpc) is 3.52. The molecule has 0 radical (unpaired) electrons. The summed E-state index contributed by atoms with van der Waals surface area (Å²) in [5.74, 6) is -1.68. The highest BCUT2D eigenvalue weighted by Gasteiger charge is 2.39. The number of nitrogens with zero attached hydrogens (tertiary/aromatic N) is 1. The normalized spacial score (nSPS) is 15.7. The van der Waals surface area contributed by atoms with Crippen molar-refractivity contribution in [2.24, 2.45) is 0 Å². The lowest BCUT2D eigenvalue weighted by molar-refractivity contribution is -0.137. The van der Waals surface area contributed by atoms with Crippen molar-refractivity contribution in [3.63, 3.8) is 0 Å². The number of amides is 1. The Morgan fingerprint density at radius 2 is 1.83 bits per heavy atom. The van der Waals surface area contributed by atoms with Crippen LogP contribution in [0.1, 0.15) is 47.3 Å². The Morgan fingerprint density at radius 3 is 2.40 bits per heavy atom. The molecule has 0 aliphatic heterocycles. The Kier molecular flexibility index (Phi) is 5.92. The molecule has 5 nitrogen and oxygen atoms in total. The zero-order chi connectivity index (χ0) is 22.3. The summed E-state index contributed by atoms with van der Waals surface area (Å²) in [7, 11) is -2.72. The molecule has 1 atom stereocenters. The van der Waals surface area contributed by atoms with Crippen molar-refractivity contribution >= 4 is 15.9 Å². The first-order chi connectivity index (χ1) is 14.0. The number of carbonyl (C=O) groups is 1. The predicted molar refractivity (Wildman–Crippen MR) is 102 cm³/mol. The first kappa shape index (κ1) is 22.2. The Balaban J connectivity index is 2.00. The lowest BCUT2D eigenvalue weighted by Crippen LogP contribution is -2.36. The van der Waals surface area contributed by atoms with Crippen molar-refractivity contribution in [1.29, 1.82) is 0 Å². The van der Waals surface area contributed by atoms with E-state index in [-0.39, 0.29) is 16.5 Å². The van der Waals surface area contributed by atoms with Crippen LogP contribution in [0.15, 0.2) is 47.4 Å². The molecule has 1 saturated carbocycles. The van der Waals surface area contributed by atoms with E-state index in [0.717, 1.165) is 30.3 Å². The van der Waals surface area contributed by atoms with Crippen LogP contribution >= 0.6 is 0 Å². The third-order valence-corrected chi connectivity index (χ3v) is 6.45. The van der Waals surface area contributed by atoms with Gasteiger partial charge in [0.2, 0.25) is 10.0 Å². The van der Waals surface area contributed by atoms with Crippen LogP contribution in [0.3, 0.4) is 0 Å². The van der Waals surface area contributed by atoms with E-state index in [0.29, 0.717) is 12.8 Å². The molecule has 3 rings (SSSR count). The first-order valence-corrected chi connectivity index (χ1v) is 10.7. The van der Waals surface area contributed by atoms with Crippen LogP contribution in [0, 0.1) is 5.82 Å². The van der Waals surface area contributed by atoms with Crippen LogP contribution in [-0.4, -0.2) is 32.3 Å². The van der Waals surface area contributed by atoms with Gasteiger partial charge in [0.05, 0.1) is 22.1 Å². The molecule has 1 aliphatic rings. The summed E-state index contributed by atoms with van der Waals surface area (Å²) in [4.78, 5) is 14.2. The van der Waals surface area contributed by atoms with E-state index < -0.39 is 45.1 Å². The van der Waals surface area contributed by atoms with E-state index in [1.807, 2.05) is 0 Å². The zero-order valence-corrected chi connectivity index (χ0v) is 17.0. The highest BCUT2D eigenvalue weighted by molar-refractivity contribution is 7.89. The van der Waals surface area contributed by atoms with Gasteiger partial charge in [-0.05, 0) is 62.7 Å². The number of hydrogen-bond acceptors (Lipinski definition) is 3. The molecule has 2 aromatic carbocycles. The van der Waals surface area contributed by atoms with Crippen LogP contribution < -0.4 is 4.72 Å². The standard InChI is InChI=1S/C20H20F4N2O3S/c1-12(13-4-3-5-14(10-13)20(22,23)24)26(15-6-7-15)19(27)17-11-16(8-9-18(17)21)30(28,29)25-2/h3-5,8-12,15,25H,6-7H2,1-2H3. The van der Waals surface area contributed by atoms with E-state index in [9.17, 15) is 30.8 Å². The number of nitrogens with one attached hydrogen (secondary N) is 1. The largest absolute Gasteiger partial charge is 0.416 e. The summed E-state index contributed by atoms with van der Waals surface area (Å²) >= 11 is 0. The maximum atomic E-state index is 14.4. The maximum absolute atomic E-state index is 14.4. The van der Waals surface area contributed by atoms with Gasteiger partial charge in [0.25, 0.3) is 5.91 Å². The number of alkyl halides is 3. The summed E-state index contributed by atoms with van der Waals surface area (Å²) in [6, 6.07) is 6.47. The third-order valence-electron chi connectivity index (χ3n) is 5.04. The summed E-state index contributed by atoms with van der Waals surface area (Å²) in [5.41, 5.74) is -1.04. The van der Waals surface area contributed by atoms with Gasteiger partial charge in [0.1, 0.15) is 5.82 Å². The Labute approximate surface area is 171 Å². The molecule has 1 fully saturated rings. The van der Waals surface area contributed by atoms with Crippen molar-refractivity contribution < 1.29 is 30.8 Å². The minimum atomic E-state index is -4.54. The molecular weight excluding hydrogens is 424 g/mol. The van der Waals surface area contributed by atoms with Gasteiger partial charge >= 0.3 is 6.18 Å². The molecule has 30 heavy (non-hydrogen) atoms. The predicted octanol–water partition coefficient (Wildman–Crippen LogP) is 4.12. The van der Waals surface area contributed by atoms with Crippen LogP contribution in [0.2, 0.25) is 0 Å². The summed E-state index contributed by atoms with van der Waals surface area (Å²) in [6.45, 7) is 1.57. The van der Waals surface area contributed by atoms with Gasteiger partial charge < -0.3 is 4.90 Å². The average molecular weight is 444 g/mol. The van der Waals surface area contributed by atoms with Gasteiger partial charge in [-0.3, -0.25) is 4.79 Å². The Bertz CT molecular complexity index is 1070. The number of rotatable bonds is 6. The van der Waals surface area contributed by atoms with Gasteiger partial charge in [-0.1, -0.05) is 12.1 Å². The van der Waals surface area contributed by atoms with E-state index in [4.69, 9.17) is 0 Å². The fourth-order valence-corrected chi connectivity index (χ4v) is 3.99. The second-order valence-corrected chi connectivity index (χ2v) is 8.98. The molecule has 1 unspecified atom stereocenters. The van der Waals surface area contributed by atoms with Crippen LogP contribution in [0.5, 0.6) is 0 Å².